The SMILES string of the molecule is O=C(CSc1nc2ccccc2o1)Nc1ncc(C(F)(F)F)cc1Cl. The summed E-state index contributed by atoms with van der Waals surface area (Å²) in [5, 5.41) is 2.37. The zero-order valence-electron chi connectivity index (χ0n) is 12.3. The third-order valence-corrected chi connectivity index (χ3v) is 4.14. The standard InChI is InChI=1S/C15H9ClF3N3O2S/c16-9-5-8(15(17,18)19)6-20-13(9)22-12(23)7-25-14-21-10-3-1-2-4-11(10)24-14/h1-6H,7H2,(H,20,22,23). The van der Waals surface area contributed by atoms with Crippen molar-refractivity contribution in [1.82, 2.24) is 9.97 Å². The van der Waals surface area contributed by atoms with Gasteiger partial charge in [0.15, 0.2) is 11.4 Å². The molecule has 5 nitrogen and oxygen atoms in total. The second-order valence-electron chi connectivity index (χ2n) is 4.84. The summed E-state index contributed by atoms with van der Waals surface area (Å²) < 4.78 is 43.1. The summed E-state index contributed by atoms with van der Waals surface area (Å²) in [5.41, 5.74) is 0.270. The molecule has 0 aliphatic carbocycles. The molecule has 0 aliphatic rings. The highest BCUT2D eigenvalue weighted by molar-refractivity contribution is 7.99. The van der Waals surface area contributed by atoms with E-state index in [1.54, 1.807) is 18.2 Å². The van der Waals surface area contributed by atoms with E-state index in [1.165, 1.54) is 0 Å². The summed E-state index contributed by atoms with van der Waals surface area (Å²) in [4.78, 5) is 19.7. The van der Waals surface area contributed by atoms with E-state index in [-0.39, 0.29) is 16.6 Å². The first kappa shape index (κ1) is 17.6. The van der Waals surface area contributed by atoms with Crippen LogP contribution in [0.4, 0.5) is 19.0 Å². The summed E-state index contributed by atoms with van der Waals surface area (Å²) >= 11 is 6.78. The van der Waals surface area contributed by atoms with Crippen LogP contribution in [0.2, 0.25) is 5.02 Å². The summed E-state index contributed by atoms with van der Waals surface area (Å²) in [7, 11) is 0. The van der Waals surface area contributed by atoms with Crippen molar-refractivity contribution in [2.75, 3.05) is 11.1 Å². The Balaban J connectivity index is 1.62. The van der Waals surface area contributed by atoms with Crippen LogP contribution in [-0.4, -0.2) is 21.6 Å². The highest BCUT2D eigenvalue weighted by atomic mass is 35.5. The summed E-state index contributed by atoms with van der Waals surface area (Å²) in [6.07, 6.45) is -3.95. The summed E-state index contributed by atoms with van der Waals surface area (Å²) in [6.45, 7) is 0. The third kappa shape index (κ3) is 4.23. The van der Waals surface area contributed by atoms with Crippen molar-refractivity contribution < 1.29 is 22.4 Å². The normalized spacial score (nSPS) is 11.7. The molecule has 25 heavy (non-hydrogen) atoms. The van der Waals surface area contributed by atoms with Gasteiger partial charge in [0.25, 0.3) is 5.22 Å². The number of carbonyl (C=O) groups is 1. The number of rotatable bonds is 4. The second-order valence-corrected chi connectivity index (χ2v) is 6.17. The molecule has 0 atom stereocenters. The van der Waals surface area contributed by atoms with Crippen molar-refractivity contribution >= 4 is 46.2 Å². The Morgan fingerprint density at radius 3 is 2.76 bits per heavy atom. The maximum Gasteiger partial charge on any atom is 0.417 e. The van der Waals surface area contributed by atoms with E-state index in [4.69, 9.17) is 16.0 Å². The predicted octanol–water partition coefficient (Wildman–Crippen LogP) is 4.63. The van der Waals surface area contributed by atoms with E-state index in [1.807, 2.05) is 6.07 Å². The molecule has 0 radical (unpaired) electrons. The van der Waals surface area contributed by atoms with E-state index in [0.29, 0.717) is 28.6 Å². The fraction of sp³-hybridized carbons (Fsp3) is 0.133. The van der Waals surface area contributed by atoms with Gasteiger partial charge in [0.1, 0.15) is 5.52 Å². The lowest BCUT2D eigenvalue weighted by atomic mass is 10.3. The first-order chi connectivity index (χ1) is 11.8. The maximum absolute atomic E-state index is 12.6. The fourth-order valence-electron chi connectivity index (χ4n) is 1.89. The van der Waals surface area contributed by atoms with Crippen LogP contribution in [0, 0.1) is 0 Å². The van der Waals surface area contributed by atoms with Crippen LogP contribution in [0.15, 0.2) is 46.2 Å². The number of alkyl halides is 3. The second kappa shape index (κ2) is 6.93. The highest BCUT2D eigenvalue weighted by Gasteiger charge is 2.31. The molecule has 2 heterocycles. The smallest absolute Gasteiger partial charge is 0.417 e. The van der Waals surface area contributed by atoms with E-state index < -0.39 is 17.6 Å². The van der Waals surface area contributed by atoms with Crippen molar-refractivity contribution in [2.24, 2.45) is 0 Å². The lowest BCUT2D eigenvalue weighted by Gasteiger charge is -2.09. The van der Waals surface area contributed by atoms with Crippen LogP contribution in [0.5, 0.6) is 0 Å². The number of amides is 1. The molecule has 2 aromatic heterocycles. The number of fused-ring (bicyclic) bond motifs is 1. The predicted molar refractivity (Wildman–Crippen MR) is 87.6 cm³/mol. The lowest BCUT2D eigenvalue weighted by molar-refractivity contribution is -0.137. The Morgan fingerprint density at radius 1 is 1.32 bits per heavy atom. The number of carbonyl (C=O) groups excluding carboxylic acids is 1. The van der Waals surface area contributed by atoms with Gasteiger partial charge in [-0.05, 0) is 18.2 Å². The van der Waals surface area contributed by atoms with Gasteiger partial charge in [-0.25, -0.2) is 9.97 Å². The number of oxazole rings is 1. The minimum Gasteiger partial charge on any atom is -0.431 e. The Bertz CT molecular complexity index is 897. The number of hydrogen-bond donors (Lipinski definition) is 1. The molecule has 1 amide bonds. The third-order valence-electron chi connectivity index (χ3n) is 3.03. The molecule has 10 heteroatoms. The first-order valence-electron chi connectivity index (χ1n) is 6.84. The van der Waals surface area contributed by atoms with E-state index >= 15 is 0 Å². The van der Waals surface area contributed by atoms with Gasteiger partial charge in [-0.1, -0.05) is 35.5 Å². The van der Waals surface area contributed by atoms with E-state index in [9.17, 15) is 18.0 Å². The van der Waals surface area contributed by atoms with Crippen LogP contribution < -0.4 is 5.32 Å². The van der Waals surface area contributed by atoms with Crippen LogP contribution in [0.25, 0.3) is 11.1 Å². The van der Waals surface area contributed by atoms with Crippen molar-refractivity contribution in [3.63, 3.8) is 0 Å². The van der Waals surface area contributed by atoms with Gasteiger partial charge in [-0.2, -0.15) is 13.2 Å². The molecular weight excluding hydrogens is 379 g/mol. The molecule has 0 aliphatic heterocycles. The van der Waals surface area contributed by atoms with Gasteiger partial charge in [0, 0.05) is 6.20 Å². The number of benzene rings is 1. The molecule has 1 N–H and O–H groups in total. The van der Waals surface area contributed by atoms with Crippen molar-refractivity contribution in [3.05, 3.63) is 47.1 Å². The lowest BCUT2D eigenvalue weighted by Crippen LogP contribution is -2.16. The molecule has 3 rings (SSSR count). The molecule has 0 fully saturated rings. The fourth-order valence-corrected chi connectivity index (χ4v) is 2.75. The van der Waals surface area contributed by atoms with Gasteiger partial charge in [0.05, 0.1) is 16.3 Å². The minimum absolute atomic E-state index is 0.0636. The zero-order chi connectivity index (χ0) is 18.0. The van der Waals surface area contributed by atoms with Gasteiger partial charge >= 0.3 is 6.18 Å². The van der Waals surface area contributed by atoms with Crippen molar-refractivity contribution in [3.8, 4) is 0 Å². The molecule has 1 aromatic carbocycles. The molecule has 0 spiro atoms. The van der Waals surface area contributed by atoms with Crippen LogP contribution in [-0.2, 0) is 11.0 Å². The van der Waals surface area contributed by atoms with Crippen molar-refractivity contribution in [1.29, 1.82) is 0 Å². The largest absolute Gasteiger partial charge is 0.431 e. The molecule has 130 valence electrons. The number of pyridine rings is 1. The molecule has 0 bridgehead atoms. The zero-order valence-corrected chi connectivity index (χ0v) is 13.9. The molecule has 3 aromatic rings. The average Bonchev–Trinajstić information content (AvgIpc) is 2.97. The van der Waals surface area contributed by atoms with Gasteiger partial charge in [-0.3, -0.25) is 4.79 Å². The van der Waals surface area contributed by atoms with Crippen LogP contribution in [0.3, 0.4) is 0 Å². The average molecular weight is 388 g/mol. The number of halogens is 4. The maximum atomic E-state index is 12.6. The number of aromatic nitrogens is 2. The number of thioether (sulfide) groups is 1. The summed E-state index contributed by atoms with van der Waals surface area (Å²) in [6, 6.07) is 7.84. The monoisotopic (exact) mass is 387 g/mol. The van der Waals surface area contributed by atoms with Gasteiger partial charge < -0.3 is 9.73 Å². The number of anilines is 1. The summed E-state index contributed by atoms with van der Waals surface area (Å²) in [5.74, 6) is -0.703. The van der Waals surface area contributed by atoms with E-state index in [2.05, 4.69) is 15.3 Å². The highest BCUT2D eigenvalue weighted by Crippen LogP contribution is 2.32. The van der Waals surface area contributed by atoms with Gasteiger partial charge in [0.2, 0.25) is 5.91 Å². The Kier molecular flexibility index (Phi) is 4.87. The topological polar surface area (TPSA) is 68.0 Å². The number of para-hydroxylation sites is 2. The van der Waals surface area contributed by atoms with Crippen molar-refractivity contribution in [2.45, 2.75) is 11.4 Å². The van der Waals surface area contributed by atoms with Gasteiger partial charge in [-0.15, -0.1) is 0 Å². The Labute approximate surface area is 148 Å². The Hall–Kier alpha value is -2.26. The minimum atomic E-state index is -4.55. The molecule has 0 saturated carbocycles. The molecule has 0 unspecified atom stereocenters. The number of nitrogens with zero attached hydrogens (tertiary/aromatic N) is 2. The Morgan fingerprint density at radius 2 is 2.08 bits per heavy atom. The van der Waals surface area contributed by atoms with Crippen LogP contribution >= 0.6 is 23.4 Å². The molecular formula is C15H9ClF3N3O2S. The quantitative estimate of drug-likeness (QED) is 0.661. The number of nitrogens with one attached hydrogen (secondary N) is 1. The molecule has 0 saturated heterocycles. The first-order valence-corrected chi connectivity index (χ1v) is 8.20. The van der Waals surface area contributed by atoms with Crippen LogP contribution in [0.1, 0.15) is 5.56 Å². The number of hydrogen-bond acceptors (Lipinski definition) is 5. The van der Waals surface area contributed by atoms with E-state index in [0.717, 1.165) is 11.8 Å².